The second-order valence-corrected chi connectivity index (χ2v) is 12.7. The molecule has 2 atom stereocenters. The summed E-state index contributed by atoms with van der Waals surface area (Å²) < 4.78 is 45.2. The molecule has 4 rings (SSSR count). The van der Waals surface area contributed by atoms with Gasteiger partial charge in [-0.25, -0.2) is 27.6 Å². The number of thiazole rings is 1. The molecular formula is C28H29FN4O6S2. The zero-order valence-corrected chi connectivity index (χ0v) is 24.0. The number of nitrogens with zero attached hydrogens (tertiary/aromatic N) is 3. The van der Waals surface area contributed by atoms with Gasteiger partial charge in [0.25, 0.3) is 5.91 Å². The molecule has 41 heavy (non-hydrogen) atoms. The third-order valence-corrected chi connectivity index (χ3v) is 8.23. The number of amides is 1. The molecule has 2 aromatic heterocycles. The lowest BCUT2D eigenvalue weighted by Crippen LogP contribution is -2.42. The largest absolute Gasteiger partial charge is 0.480 e. The minimum absolute atomic E-state index is 0.0619. The minimum atomic E-state index is -3.45. The Bertz CT molecular complexity index is 1600. The molecule has 0 saturated carbocycles. The first-order valence-corrected chi connectivity index (χ1v) is 15.5. The fourth-order valence-corrected chi connectivity index (χ4v) is 5.61. The van der Waals surface area contributed by atoms with Gasteiger partial charge in [0.15, 0.2) is 0 Å². The fraction of sp³-hybridized carbons (Fsp3) is 0.286. The average molecular weight is 601 g/mol. The molecule has 4 aromatic rings. The van der Waals surface area contributed by atoms with E-state index < -0.39 is 45.4 Å². The number of aliphatic carboxylic acids is 1. The Morgan fingerprint density at radius 2 is 1.95 bits per heavy atom. The van der Waals surface area contributed by atoms with Gasteiger partial charge >= 0.3 is 5.97 Å². The summed E-state index contributed by atoms with van der Waals surface area (Å²) in [6.45, 7) is 0.0619. The van der Waals surface area contributed by atoms with E-state index in [1.54, 1.807) is 30.9 Å². The van der Waals surface area contributed by atoms with Crippen molar-refractivity contribution in [2.24, 2.45) is 7.05 Å². The predicted molar refractivity (Wildman–Crippen MR) is 152 cm³/mol. The van der Waals surface area contributed by atoms with Crippen LogP contribution in [0.15, 0.2) is 66.6 Å². The molecule has 2 aromatic carbocycles. The van der Waals surface area contributed by atoms with E-state index in [4.69, 9.17) is 4.74 Å². The van der Waals surface area contributed by atoms with Gasteiger partial charge in [-0.1, -0.05) is 24.3 Å². The highest BCUT2D eigenvalue weighted by atomic mass is 32.2. The number of carboxylic acid groups (broad SMARTS) is 1. The topological polar surface area (TPSA) is 140 Å². The number of halogens is 1. The zero-order chi connectivity index (χ0) is 29.6. The van der Waals surface area contributed by atoms with Crippen molar-refractivity contribution in [2.45, 2.75) is 31.6 Å². The quantitative estimate of drug-likeness (QED) is 0.236. The van der Waals surface area contributed by atoms with Crippen molar-refractivity contribution in [3.8, 4) is 11.1 Å². The number of imidazole rings is 1. The Labute approximate surface area is 240 Å². The maximum Gasteiger partial charge on any atom is 0.326 e. The lowest BCUT2D eigenvalue weighted by molar-refractivity contribution is -0.139. The molecule has 0 aliphatic rings. The van der Waals surface area contributed by atoms with Crippen LogP contribution in [0.25, 0.3) is 11.1 Å². The number of aryl methyl sites for hydroxylation is 1. The molecule has 0 aliphatic carbocycles. The molecule has 2 N–H and O–H groups in total. The van der Waals surface area contributed by atoms with Gasteiger partial charge < -0.3 is 19.7 Å². The highest BCUT2D eigenvalue weighted by Crippen LogP contribution is 2.32. The summed E-state index contributed by atoms with van der Waals surface area (Å²) in [6.07, 6.45) is 5.92. The van der Waals surface area contributed by atoms with Gasteiger partial charge in [0.2, 0.25) is 0 Å². The number of benzene rings is 2. The number of ether oxygens (including phenoxy) is 1. The standard InChI is InChI=1S/C28H29FN4O6S2/c1-33-17-30-15-21(33)14-24(27-31-11-12-40-27)39-16-19-4-3-5-22(25(19)18-6-8-20(29)9-7-18)26(34)32-23(28(35)36)10-13-41(2,37)38/h3-9,11-12,15,17,23-24H,10,13-14,16H2,1-2H3,(H,32,34)(H,35,36)/t23-,24?/m0/s1. The third-order valence-electron chi connectivity index (χ3n) is 6.39. The van der Waals surface area contributed by atoms with E-state index in [-0.39, 0.29) is 18.6 Å². The first-order chi connectivity index (χ1) is 19.5. The molecule has 13 heteroatoms. The lowest BCUT2D eigenvalue weighted by Gasteiger charge is -2.20. The number of carbonyl (C=O) groups is 2. The molecule has 0 saturated heterocycles. The highest BCUT2D eigenvalue weighted by Gasteiger charge is 2.25. The molecule has 0 spiro atoms. The van der Waals surface area contributed by atoms with Gasteiger partial charge in [-0.15, -0.1) is 11.3 Å². The molecular weight excluding hydrogens is 571 g/mol. The van der Waals surface area contributed by atoms with Crippen LogP contribution in [0.5, 0.6) is 0 Å². The minimum Gasteiger partial charge on any atom is -0.480 e. The van der Waals surface area contributed by atoms with Gasteiger partial charge in [0.1, 0.15) is 32.8 Å². The molecule has 0 radical (unpaired) electrons. The van der Waals surface area contributed by atoms with Gasteiger partial charge in [-0.05, 0) is 41.3 Å². The Morgan fingerprint density at radius 1 is 1.20 bits per heavy atom. The molecule has 0 aliphatic heterocycles. The monoisotopic (exact) mass is 600 g/mol. The van der Waals surface area contributed by atoms with E-state index >= 15 is 0 Å². The number of nitrogens with one attached hydrogen (secondary N) is 1. The Kier molecular flexibility index (Phi) is 9.63. The van der Waals surface area contributed by atoms with Crippen LogP contribution in [0, 0.1) is 5.82 Å². The molecule has 1 unspecified atom stereocenters. The molecule has 10 nitrogen and oxygen atoms in total. The SMILES string of the molecule is Cn1cncc1CC(OCc1cccc(C(=O)N[C@@H](CCS(C)(=O)=O)C(=O)O)c1-c1ccc(F)cc1)c1nccs1. The average Bonchev–Trinajstić information content (AvgIpc) is 3.60. The number of carbonyl (C=O) groups excluding carboxylic acids is 1. The Hall–Kier alpha value is -3.94. The number of aromatic nitrogens is 3. The number of carboxylic acids is 1. The van der Waals surface area contributed by atoms with Gasteiger partial charge in [0, 0.05) is 48.8 Å². The van der Waals surface area contributed by atoms with E-state index in [2.05, 4.69) is 15.3 Å². The zero-order valence-electron chi connectivity index (χ0n) is 22.4. The van der Waals surface area contributed by atoms with E-state index in [1.165, 1.54) is 41.7 Å². The summed E-state index contributed by atoms with van der Waals surface area (Å²) >= 11 is 1.45. The Balaban J connectivity index is 1.66. The molecule has 216 valence electrons. The van der Waals surface area contributed by atoms with Crippen LogP contribution in [-0.4, -0.2) is 58.0 Å². The van der Waals surface area contributed by atoms with Crippen LogP contribution in [0.1, 0.15) is 39.1 Å². The summed E-state index contributed by atoms with van der Waals surface area (Å²) in [4.78, 5) is 33.8. The number of hydrogen-bond acceptors (Lipinski definition) is 8. The summed E-state index contributed by atoms with van der Waals surface area (Å²) in [6, 6.07) is 9.10. The molecule has 2 heterocycles. The van der Waals surface area contributed by atoms with Crippen LogP contribution in [0.2, 0.25) is 0 Å². The maximum absolute atomic E-state index is 13.8. The summed E-state index contributed by atoms with van der Waals surface area (Å²) in [7, 11) is -1.56. The van der Waals surface area contributed by atoms with Crippen molar-refractivity contribution in [2.75, 3.05) is 12.0 Å². The van der Waals surface area contributed by atoms with Crippen molar-refractivity contribution in [1.29, 1.82) is 0 Å². The highest BCUT2D eigenvalue weighted by molar-refractivity contribution is 7.90. The van der Waals surface area contributed by atoms with Gasteiger partial charge in [0.05, 0.1) is 18.7 Å². The van der Waals surface area contributed by atoms with E-state index in [9.17, 15) is 27.5 Å². The van der Waals surface area contributed by atoms with Gasteiger partial charge in [-0.3, -0.25) is 4.79 Å². The van der Waals surface area contributed by atoms with Crippen molar-refractivity contribution >= 4 is 33.1 Å². The second-order valence-electron chi connectivity index (χ2n) is 9.50. The summed E-state index contributed by atoms with van der Waals surface area (Å²) in [5.74, 6) is -2.93. The first kappa shape index (κ1) is 30.0. The molecule has 1 amide bonds. The van der Waals surface area contributed by atoms with Crippen LogP contribution in [0.4, 0.5) is 4.39 Å². The smallest absolute Gasteiger partial charge is 0.326 e. The number of hydrogen-bond donors (Lipinski definition) is 2. The van der Waals surface area contributed by atoms with Crippen molar-refractivity contribution < 1.29 is 32.2 Å². The van der Waals surface area contributed by atoms with E-state index in [1.807, 2.05) is 17.0 Å². The normalized spacial score (nSPS) is 13.0. The Morgan fingerprint density at radius 3 is 2.56 bits per heavy atom. The van der Waals surface area contributed by atoms with E-state index in [0.717, 1.165) is 17.0 Å². The lowest BCUT2D eigenvalue weighted by atomic mass is 9.93. The van der Waals surface area contributed by atoms with Crippen molar-refractivity contribution in [1.82, 2.24) is 19.9 Å². The van der Waals surface area contributed by atoms with Crippen molar-refractivity contribution in [3.05, 3.63) is 94.2 Å². The van der Waals surface area contributed by atoms with Crippen LogP contribution < -0.4 is 5.32 Å². The first-order valence-electron chi connectivity index (χ1n) is 12.6. The predicted octanol–water partition coefficient (Wildman–Crippen LogP) is 3.80. The second kappa shape index (κ2) is 13.1. The van der Waals surface area contributed by atoms with Crippen LogP contribution in [0.3, 0.4) is 0 Å². The maximum atomic E-state index is 13.8. The number of rotatable bonds is 13. The third kappa shape index (κ3) is 8.06. The van der Waals surface area contributed by atoms with E-state index in [0.29, 0.717) is 23.1 Å². The fourth-order valence-electron chi connectivity index (χ4n) is 4.27. The van der Waals surface area contributed by atoms with Crippen LogP contribution in [-0.2, 0) is 39.4 Å². The molecule has 0 bridgehead atoms. The van der Waals surface area contributed by atoms with Crippen molar-refractivity contribution in [3.63, 3.8) is 0 Å². The summed E-state index contributed by atoms with van der Waals surface area (Å²) in [5, 5.41) is 14.7. The number of sulfone groups is 1. The summed E-state index contributed by atoms with van der Waals surface area (Å²) in [5.41, 5.74) is 2.65. The van der Waals surface area contributed by atoms with Gasteiger partial charge in [-0.2, -0.15) is 0 Å². The van der Waals surface area contributed by atoms with Crippen LogP contribution >= 0.6 is 11.3 Å². The molecule has 0 fully saturated rings.